The molecule has 124 valence electrons. The van der Waals surface area contributed by atoms with Crippen LogP contribution >= 0.6 is 0 Å². The van der Waals surface area contributed by atoms with E-state index < -0.39 is 0 Å². The van der Waals surface area contributed by atoms with E-state index in [1.807, 2.05) is 24.3 Å². The Hall–Kier alpha value is -2.13. The highest BCUT2D eigenvalue weighted by Gasteiger charge is 2.49. The summed E-state index contributed by atoms with van der Waals surface area (Å²) in [6.45, 7) is 2.39. The Labute approximate surface area is 143 Å². The van der Waals surface area contributed by atoms with Crippen molar-refractivity contribution in [1.82, 2.24) is 4.90 Å². The third-order valence-corrected chi connectivity index (χ3v) is 5.27. The van der Waals surface area contributed by atoms with Gasteiger partial charge >= 0.3 is 0 Å². The molecule has 3 nitrogen and oxygen atoms in total. The second kappa shape index (κ2) is 6.40. The monoisotopic (exact) mass is 321 g/mol. The summed E-state index contributed by atoms with van der Waals surface area (Å²) in [6, 6.07) is 18.8. The van der Waals surface area contributed by atoms with Gasteiger partial charge in [0.2, 0.25) is 0 Å². The maximum Gasteiger partial charge on any atom is 0.135 e. The first kappa shape index (κ1) is 15.4. The minimum absolute atomic E-state index is 0.146. The van der Waals surface area contributed by atoms with Crippen LogP contribution in [0.4, 0.5) is 0 Å². The van der Waals surface area contributed by atoms with E-state index in [4.69, 9.17) is 4.74 Å². The lowest BCUT2D eigenvalue weighted by Gasteiger charge is -2.35. The second-order valence-electron chi connectivity index (χ2n) is 6.86. The van der Waals surface area contributed by atoms with E-state index in [0.717, 1.165) is 18.8 Å². The fourth-order valence-electron chi connectivity index (χ4n) is 3.71. The predicted octanol–water partition coefficient (Wildman–Crippen LogP) is 3.92. The Bertz CT molecular complexity index is 712. The number of carbonyl (C=O) groups excluding carboxylic acids is 1. The number of ether oxygens (including phenoxy) is 1. The van der Waals surface area contributed by atoms with Gasteiger partial charge in [-0.15, -0.1) is 0 Å². The molecular weight excluding hydrogens is 298 g/mol. The Morgan fingerprint density at radius 3 is 2.42 bits per heavy atom. The normalized spacial score (nSPS) is 19.9. The second-order valence-corrected chi connectivity index (χ2v) is 6.86. The summed E-state index contributed by atoms with van der Waals surface area (Å²) in [6.07, 6.45) is 3.77. The van der Waals surface area contributed by atoms with Crippen molar-refractivity contribution in [2.45, 2.75) is 37.8 Å². The number of hydrogen-bond acceptors (Lipinski definition) is 3. The largest absolute Gasteiger partial charge is 0.489 e. The molecule has 2 aliphatic rings. The van der Waals surface area contributed by atoms with E-state index in [0.29, 0.717) is 25.2 Å². The Morgan fingerprint density at radius 1 is 0.958 bits per heavy atom. The first-order valence-corrected chi connectivity index (χ1v) is 8.80. The van der Waals surface area contributed by atoms with Crippen molar-refractivity contribution in [3.05, 3.63) is 65.7 Å². The van der Waals surface area contributed by atoms with Gasteiger partial charge in [0.25, 0.3) is 0 Å². The fraction of sp³-hybridized carbons (Fsp3) is 0.381. The summed E-state index contributed by atoms with van der Waals surface area (Å²) in [4.78, 5) is 14.0. The van der Waals surface area contributed by atoms with E-state index >= 15 is 0 Å². The molecule has 3 heteroatoms. The summed E-state index contributed by atoms with van der Waals surface area (Å²) in [7, 11) is 0. The predicted molar refractivity (Wildman–Crippen MR) is 93.9 cm³/mol. The lowest BCUT2D eigenvalue weighted by Crippen LogP contribution is -2.41. The van der Waals surface area contributed by atoms with Gasteiger partial charge in [-0.05, 0) is 36.1 Å². The summed E-state index contributed by atoms with van der Waals surface area (Å²) in [5.74, 6) is 1.33. The van der Waals surface area contributed by atoms with Crippen molar-refractivity contribution in [1.29, 1.82) is 0 Å². The summed E-state index contributed by atoms with van der Waals surface area (Å²) < 4.78 is 5.99. The zero-order chi connectivity index (χ0) is 16.4. The van der Waals surface area contributed by atoms with E-state index in [9.17, 15) is 4.79 Å². The molecule has 1 saturated heterocycles. The van der Waals surface area contributed by atoms with Crippen molar-refractivity contribution in [2.75, 3.05) is 13.1 Å². The van der Waals surface area contributed by atoms with Crippen LogP contribution in [0.15, 0.2) is 54.6 Å². The zero-order valence-electron chi connectivity index (χ0n) is 13.9. The standard InChI is InChI=1S/C21H23NO2/c23-19-9-13-22(14-10-19)21(11-12-21)18-7-4-8-20(15-18)24-16-17-5-2-1-3-6-17/h1-8,15H,9-14,16H2. The van der Waals surface area contributed by atoms with E-state index in [-0.39, 0.29) is 5.54 Å². The van der Waals surface area contributed by atoms with Gasteiger partial charge in [-0.25, -0.2) is 0 Å². The molecule has 0 bridgehead atoms. The molecule has 1 aliphatic heterocycles. The number of carbonyl (C=O) groups is 1. The van der Waals surface area contributed by atoms with Gasteiger partial charge < -0.3 is 4.74 Å². The van der Waals surface area contributed by atoms with Crippen molar-refractivity contribution < 1.29 is 9.53 Å². The Balaban J connectivity index is 1.47. The van der Waals surface area contributed by atoms with Crippen LogP contribution in [0.25, 0.3) is 0 Å². The third kappa shape index (κ3) is 3.09. The van der Waals surface area contributed by atoms with Crippen LogP contribution in [0, 0.1) is 0 Å². The number of piperidine rings is 1. The molecule has 24 heavy (non-hydrogen) atoms. The minimum Gasteiger partial charge on any atom is -0.489 e. The number of hydrogen-bond donors (Lipinski definition) is 0. The van der Waals surface area contributed by atoms with Crippen LogP contribution in [0.2, 0.25) is 0 Å². The van der Waals surface area contributed by atoms with Crippen LogP contribution in [0.1, 0.15) is 36.8 Å². The average Bonchev–Trinajstić information content (AvgIpc) is 3.44. The lowest BCUT2D eigenvalue weighted by molar-refractivity contribution is -0.122. The molecule has 2 aromatic carbocycles. The quantitative estimate of drug-likeness (QED) is 0.836. The van der Waals surface area contributed by atoms with Crippen LogP contribution in [-0.2, 0) is 16.9 Å². The maximum absolute atomic E-state index is 11.5. The van der Waals surface area contributed by atoms with Gasteiger partial charge in [0.05, 0.1) is 0 Å². The first-order valence-electron chi connectivity index (χ1n) is 8.80. The van der Waals surface area contributed by atoms with Gasteiger partial charge in [-0.1, -0.05) is 42.5 Å². The van der Waals surface area contributed by atoms with Crippen molar-refractivity contribution >= 4 is 5.78 Å². The fourth-order valence-corrected chi connectivity index (χ4v) is 3.71. The highest BCUT2D eigenvalue weighted by molar-refractivity contribution is 5.79. The van der Waals surface area contributed by atoms with Gasteiger partial charge in [0, 0.05) is 31.5 Å². The molecule has 1 heterocycles. The minimum atomic E-state index is 0.146. The zero-order valence-corrected chi connectivity index (χ0v) is 13.9. The number of Topliss-reactive ketones (excluding diaryl/α,β-unsaturated/α-hetero) is 1. The smallest absolute Gasteiger partial charge is 0.135 e. The van der Waals surface area contributed by atoms with Gasteiger partial charge in [-0.3, -0.25) is 9.69 Å². The molecule has 2 aromatic rings. The highest BCUT2D eigenvalue weighted by Crippen LogP contribution is 2.52. The van der Waals surface area contributed by atoms with E-state index in [2.05, 4.69) is 35.2 Å². The van der Waals surface area contributed by atoms with Crippen LogP contribution < -0.4 is 4.74 Å². The lowest BCUT2D eigenvalue weighted by atomic mass is 9.99. The van der Waals surface area contributed by atoms with Crippen LogP contribution in [0.3, 0.4) is 0 Å². The molecule has 0 aromatic heterocycles. The summed E-state index contributed by atoms with van der Waals surface area (Å²) >= 11 is 0. The highest BCUT2D eigenvalue weighted by atomic mass is 16.5. The van der Waals surface area contributed by atoms with Crippen LogP contribution in [0.5, 0.6) is 5.75 Å². The van der Waals surface area contributed by atoms with Gasteiger partial charge in [-0.2, -0.15) is 0 Å². The van der Waals surface area contributed by atoms with Crippen molar-refractivity contribution in [2.24, 2.45) is 0 Å². The summed E-state index contributed by atoms with van der Waals surface area (Å²) in [5, 5.41) is 0. The first-order chi connectivity index (χ1) is 11.8. The average molecular weight is 321 g/mol. The number of likely N-dealkylation sites (tertiary alicyclic amines) is 1. The van der Waals surface area contributed by atoms with Crippen molar-refractivity contribution in [3.63, 3.8) is 0 Å². The third-order valence-electron chi connectivity index (χ3n) is 5.27. The molecule has 0 amide bonds. The van der Waals surface area contributed by atoms with Gasteiger partial charge in [0.15, 0.2) is 0 Å². The van der Waals surface area contributed by atoms with E-state index in [1.165, 1.54) is 24.0 Å². The molecule has 4 rings (SSSR count). The number of benzene rings is 2. The SMILES string of the molecule is O=C1CCN(C2(c3cccc(OCc4ccccc4)c3)CC2)CC1. The molecule has 0 radical (unpaired) electrons. The Kier molecular flexibility index (Phi) is 4.11. The molecule has 0 unspecified atom stereocenters. The summed E-state index contributed by atoms with van der Waals surface area (Å²) in [5.41, 5.74) is 2.66. The number of ketones is 1. The topological polar surface area (TPSA) is 29.5 Å². The maximum atomic E-state index is 11.5. The van der Waals surface area contributed by atoms with Gasteiger partial charge in [0.1, 0.15) is 18.1 Å². The number of rotatable bonds is 5. The van der Waals surface area contributed by atoms with Crippen molar-refractivity contribution in [3.8, 4) is 5.75 Å². The molecule has 0 spiro atoms. The molecule has 1 saturated carbocycles. The van der Waals surface area contributed by atoms with E-state index in [1.54, 1.807) is 0 Å². The molecule has 0 N–H and O–H groups in total. The number of nitrogens with zero attached hydrogens (tertiary/aromatic N) is 1. The molecule has 2 fully saturated rings. The molecule has 1 aliphatic carbocycles. The molecular formula is C21H23NO2. The molecule has 0 atom stereocenters. The Morgan fingerprint density at radius 2 is 1.71 bits per heavy atom. The van der Waals surface area contributed by atoms with Crippen LogP contribution in [-0.4, -0.2) is 23.8 Å².